The molecule has 0 aliphatic heterocycles. The summed E-state index contributed by atoms with van der Waals surface area (Å²) in [4.78, 5) is 0. The summed E-state index contributed by atoms with van der Waals surface area (Å²) >= 11 is 0. The van der Waals surface area contributed by atoms with Crippen LogP contribution in [0.25, 0.3) is 0 Å². The van der Waals surface area contributed by atoms with Crippen molar-refractivity contribution in [3.63, 3.8) is 0 Å². The summed E-state index contributed by atoms with van der Waals surface area (Å²) in [6.45, 7) is 5.06. The summed E-state index contributed by atoms with van der Waals surface area (Å²) in [6.07, 6.45) is 2.79. The van der Waals surface area contributed by atoms with Crippen molar-refractivity contribution in [2.75, 3.05) is 6.54 Å². The molecule has 112 valence electrons. The van der Waals surface area contributed by atoms with Gasteiger partial charge in [0.15, 0.2) is 0 Å². The third-order valence-corrected chi connectivity index (χ3v) is 3.76. The highest BCUT2D eigenvalue weighted by atomic mass is 16.5. The first kappa shape index (κ1) is 14.1. The Labute approximate surface area is 126 Å². The van der Waals surface area contributed by atoms with E-state index in [-0.39, 0.29) is 6.04 Å². The van der Waals surface area contributed by atoms with E-state index in [0.717, 1.165) is 18.0 Å². The molecular formula is C17H23N3O. The zero-order chi connectivity index (χ0) is 14.8. The van der Waals surface area contributed by atoms with Gasteiger partial charge in [0.2, 0.25) is 0 Å². The minimum atomic E-state index is 0.143. The van der Waals surface area contributed by atoms with Crippen LogP contribution in [0.3, 0.4) is 0 Å². The first-order valence-electron chi connectivity index (χ1n) is 7.68. The van der Waals surface area contributed by atoms with E-state index in [1.165, 1.54) is 24.1 Å². The van der Waals surface area contributed by atoms with E-state index in [4.69, 9.17) is 4.74 Å². The zero-order valence-corrected chi connectivity index (χ0v) is 13.0. The van der Waals surface area contributed by atoms with Crippen molar-refractivity contribution in [3.05, 3.63) is 47.3 Å². The van der Waals surface area contributed by atoms with E-state index in [9.17, 15) is 0 Å². The number of ether oxygens (including phenoxy) is 1. The van der Waals surface area contributed by atoms with Crippen LogP contribution in [-0.4, -0.2) is 22.4 Å². The Balaban J connectivity index is 1.90. The second-order valence-electron chi connectivity index (χ2n) is 5.71. The molecule has 1 aliphatic carbocycles. The molecule has 1 N–H and O–H groups in total. The van der Waals surface area contributed by atoms with E-state index >= 15 is 0 Å². The number of rotatable bonds is 6. The van der Waals surface area contributed by atoms with Crippen LogP contribution in [0.15, 0.2) is 30.3 Å². The van der Waals surface area contributed by atoms with Crippen LogP contribution >= 0.6 is 0 Å². The molecule has 0 spiro atoms. The van der Waals surface area contributed by atoms with E-state index in [2.05, 4.69) is 41.6 Å². The molecule has 1 fully saturated rings. The summed E-state index contributed by atoms with van der Waals surface area (Å²) in [5.41, 5.74) is 3.44. The number of nitrogens with one attached hydrogen (secondary N) is 1. The average molecular weight is 285 g/mol. The van der Waals surface area contributed by atoms with Gasteiger partial charge >= 0.3 is 0 Å². The first-order valence-corrected chi connectivity index (χ1v) is 7.68. The number of hydrogen-bond acceptors (Lipinski definition) is 3. The molecule has 0 radical (unpaired) electrons. The standard InChI is InChI=1S/C17H23N3O/c1-4-18-17(16-10-12(2)19-20(16)3)13-6-5-7-15(11-13)21-14-8-9-14/h5-7,10-11,14,17-18H,4,8-9H2,1-3H3. The summed E-state index contributed by atoms with van der Waals surface area (Å²) in [5.74, 6) is 0.969. The van der Waals surface area contributed by atoms with Crippen LogP contribution in [0.2, 0.25) is 0 Å². The molecule has 4 nitrogen and oxygen atoms in total. The molecule has 4 heteroatoms. The predicted molar refractivity (Wildman–Crippen MR) is 83.6 cm³/mol. The van der Waals surface area contributed by atoms with Crippen molar-refractivity contribution >= 4 is 0 Å². The zero-order valence-electron chi connectivity index (χ0n) is 13.0. The van der Waals surface area contributed by atoms with Crippen molar-refractivity contribution < 1.29 is 4.74 Å². The molecule has 0 bridgehead atoms. The normalized spacial score (nSPS) is 16.0. The molecule has 1 heterocycles. The minimum Gasteiger partial charge on any atom is -0.490 e. The van der Waals surface area contributed by atoms with Gasteiger partial charge in [-0.05, 0) is 50.1 Å². The Morgan fingerprint density at radius 3 is 2.81 bits per heavy atom. The highest BCUT2D eigenvalue weighted by molar-refractivity contribution is 5.35. The molecule has 1 saturated carbocycles. The smallest absolute Gasteiger partial charge is 0.120 e. The van der Waals surface area contributed by atoms with E-state index in [1.54, 1.807) is 0 Å². The highest BCUT2D eigenvalue weighted by Gasteiger charge is 2.24. The highest BCUT2D eigenvalue weighted by Crippen LogP contribution is 2.30. The molecule has 0 saturated heterocycles. The summed E-state index contributed by atoms with van der Waals surface area (Å²) < 4.78 is 7.87. The van der Waals surface area contributed by atoms with E-state index in [1.807, 2.05) is 24.7 Å². The quantitative estimate of drug-likeness (QED) is 0.887. The predicted octanol–water partition coefficient (Wildman–Crippen LogP) is 2.97. The Morgan fingerprint density at radius 2 is 2.19 bits per heavy atom. The van der Waals surface area contributed by atoms with Crippen LogP contribution in [0, 0.1) is 6.92 Å². The lowest BCUT2D eigenvalue weighted by Crippen LogP contribution is -2.24. The van der Waals surface area contributed by atoms with E-state index < -0.39 is 0 Å². The maximum Gasteiger partial charge on any atom is 0.120 e. The average Bonchev–Trinajstić information content (AvgIpc) is 3.20. The third-order valence-electron chi connectivity index (χ3n) is 3.76. The fraction of sp³-hybridized carbons (Fsp3) is 0.471. The van der Waals surface area contributed by atoms with Crippen molar-refractivity contribution in [2.45, 2.75) is 38.8 Å². The van der Waals surface area contributed by atoms with Gasteiger partial charge in [0.25, 0.3) is 0 Å². The summed E-state index contributed by atoms with van der Waals surface area (Å²) in [6, 6.07) is 10.7. The lowest BCUT2D eigenvalue weighted by molar-refractivity contribution is 0.302. The SMILES string of the molecule is CCNC(c1cccc(OC2CC2)c1)c1cc(C)nn1C. The number of benzene rings is 1. The van der Waals surface area contributed by atoms with Crippen molar-refractivity contribution in [1.29, 1.82) is 0 Å². The molecule has 2 aromatic rings. The number of nitrogens with zero attached hydrogens (tertiary/aromatic N) is 2. The monoisotopic (exact) mass is 285 g/mol. The Morgan fingerprint density at radius 1 is 1.38 bits per heavy atom. The molecule has 21 heavy (non-hydrogen) atoms. The Hall–Kier alpha value is -1.81. The van der Waals surface area contributed by atoms with Crippen molar-refractivity contribution in [2.24, 2.45) is 7.05 Å². The van der Waals surface area contributed by atoms with Gasteiger partial charge in [0, 0.05) is 7.05 Å². The fourth-order valence-corrected chi connectivity index (χ4v) is 2.64. The first-order chi connectivity index (χ1) is 10.2. The van der Waals surface area contributed by atoms with Gasteiger partial charge in [0.05, 0.1) is 23.5 Å². The maximum atomic E-state index is 5.92. The maximum absolute atomic E-state index is 5.92. The lowest BCUT2D eigenvalue weighted by atomic mass is 10.0. The molecule has 1 aromatic heterocycles. The summed E-state index contributed by atoms with van der Waals surface area (Å²) in [5, 5.41) is 8.02. The Kier molecular flexibility index (Phi) is 3.97. The second kappa shape index (κ2) is 5.90. The second-order valence-corrected chi connectivity index (χ2v) is 5.71. The molecule has 3 rings (SSSR count). The van der Waals surface area contributed by atoms with Gasteiger partial charge < -0.3 is 10.1 Å². The fourth-order valence-electron chi connectivity index (χ4n) is 2.64. The topological polar surface area (TPSA) is 39.1 Å². The summed E-state index contributed by atoms with van der Waals surface area (Å²) in [7, 11) is 2.00. The van der Waals surface area contributed by atoms with E-state index in [0.29, 0.717) is 6.10 Å². The number of aryl methyl sites for hydroxylation is 2. The van der Waals surface area contributed by atoms with Gasteiger partial charge in [-0.3, -0.25) is 4.68 Å². The molecular weight excluding hydrogens is 262 g/mol. The van der Waals surface area contributed by atoms with Gasteiger partial charge in [-0.2, -0.15) is 5.10 Å². The van der Waals surface area contributed by atoms with Crippen LogP contribution < -0.4 is 10.1 Å². The largest absolute Gasteiger partial charge is 0.490 e. The van der Waals surface area contributed by atoms with Crippen molar-refractivity contribution in [3.8, 4) is 5.75 Å². The van der Waals surface area contributed by atoms with Crippen LogP contribution in [0.1, 0.15) is 42.8 Å². The molecule has 0 amide bonds. The molecule has 1 aliphatic rings. The molecule has 1 aromatic carbocycles. The third kappa shape index (κ3) is 3.27. The molecule has 1 unspecified atom stereocenters. The van der Waals surface area contributed by atoms with Gasteiger partial charge in [-0.15, -0.1) is 0 Å². The Bertz CT molecular complexity index is 616. The number of aromatic nitrogens is 2. The minimum absolute atomic E-state index is 0.143. The number of hydrogen-bond donors (Lipinski definition) is 1. The lowest BCUT2D eigenvalue weighted by Gasteiger charge is -2.19. The van der Waals surface area contributed by atoms with Crippen LogP contribution in [0.4, 0.5) is 0 Å². The van der Waals surface area contributed by atoms with Crippen LogP contribution in [0.5, 0.6) is 5.75 Å². The van der Waals surface area contributed by atoms with Gasteiger partial charge in [-0.25, -0.2) is 0 Å². The molecule has 1 atom stereocenters. The van der Waals surface area contributed by atoms with Crippen molar-refractivity contribution in [1.82, 2.24) is 15.1 Å². The van der Waals surface area contributed by atoms with Gasteiger partial charge in [-0.1, -0.05) is 19.1 Å². The van der Waals surface area contributed by atoms with Gasteiger partial charge in [0.1, 0.15) is 5.75 Å². The van der Waals surface area contributed by atoms with Crippen LogP contribution in [-0.2, 0) is 7.05 Å².